The van der Waals surface area contributed by atoms with Gasteiger partial charge in [-0.05, 0) is 19.1 Å². The van der Waals surface area contributed by atoms with Crippen LogP contribution < -0.4 is 5.72 Å². The molecule has 3 rings (SSSR count). The summed E-state index contributed by atoms with van der Waals surface area (Å²) >= 11 is 0. The van der Waals surface area contributed by atoms with Crippen molar-refractivity contribution in [3.05, 3.63) is 79.4 Å². The summed E-state index contributed by atoms with van der Waals surface area (Å²) in [7, 11) is -1.86. The first-order valence-electron chi connectivity index (χ1n) is 8.92. The van der Waals surface area contributed by atoms with Crippen LogP contribution >= 0.6 is 0 Å². The Morgan fingerprint density at radius 3 is 2.55 bits per heavy atom. The molecule has 144 valence electrons. The third-order valence-corrected chi connectivity index (χ3v) is 4.20. The van der Waals surface area contributed by atoms with Gasteiger partial charge in [0.25, 0.3) is 0 Å². The lowest BCUT2D eigenvalue weighted by Crippen LogP contribution is -2.37. The standard InChI is InChI=1S/C22H20BN3O3/c1-5-10-14(7-3)20-24-21(26-22(25-20)23(27)28)16-12-9-13-18-19(16)15(8-4)17(29-18)11-6-2/h5-13,27-28H,1,3-4H2,2H3/b11-6-,14-10+. The highest BCUT2D eigenvalue weighted by Gasteiger charge is 2.22. The van der Waals surface area contributed by atoms with E-state index in [0.717, 1.165) is 10.9 Å². The summed E-state index contributed by atoms with van der Waals surface area (Å²) in [6.45, 7) is 13.2. The minimum Gasteiger partial charge on any atom is -0.456 e. The molecule has 0 bridgehead atoms. The normalized spacial score (nSPS) is 11.8. The Labute approximate surface area is 169 Å². The highest BCUT2D eigenvalue weighted by Crippen LogP contribution is 2.35. The van der Waals surface area contributed by atoms with Gasteiger partial charge in [0.2, 0.25) is 0 Å². The Balaban J connectivity index is 2.36. The molecule has 6 nitrogen and oxygen atoms in total. The molecule has 7 heteroatoms. The number of hydrogen-bond acceptors (Lipinski definition) is 6. The molecule has 0 saturated carbocycles. The molecule has 0 aliphatic rings. The minimum atomic E-state index is -1.86. The van der Waals surface area contributed by atoms with Gasteiger partial charge in [0.05, 0.1) is 0 Å². The van der Waals surface area contributed by atoms with Crippen molar-refractivity contribution in [2.24, 2.45) is 0 Å². The first-order valence-corrected chi connectivity index (χ1v) is 8.92. The fourth-order valence-corrected chi connectivity index (χ4v) is 2.97. The van der Waals surface area contributed by atoms with E-state index in [-0.39, 0.29) is 17.4 Å². The fraction of sp³-hybridized carbons (Fsp3) is 0.0455. The van der Waals surface area contributed by atoms with Crippen molar-refractivity contribution in [2.45, 2.75) is 6.92 Å². The Hall–Kier alpha value is -3.55. The number of rotatable bonds is 7. The first-order chi connectivity index (χ1) is 14.0. The zero-order valence-corrected chi connectivity index (χ0v) is 16.0. The molecule has 3 aromatic rings. The number of hydrogen-bond donors (Lipinski definition) is 2. The van der Waals surface area contributed by atoms with E-state index in [1.165, 1.54) is 0 Å². The van der Waals surface area contributed by atoms with E-state index >= 15 is 0 Å². The Bertz CT molecular complexity index is 1160. The van der Waals surface area contributed by atoms with Crippen LogP contribution in [-0.2, 0) is 0 Å². The molecule has 0 aliphatic heterocycles. The molecule has 0 radical (unpaired) electrons. The second kappa shape index (κ2) is 8.64. The van der Waals surface area contributed by atoms with Crippen LogP contribution in [0.15, 0.2) is 66.7 Å². The van der Waals surface area contributed by atoms with Crippen LogP contribution in [0.4, 0.5) is 0 Å². The molecule has 0 amide bonds. The third kappa shape index (κ3) is 3.87. The van der Waals surface area contributed by atoms with E-state index in [1.807, 2.05) is 37.3 Å². The summed E-state index contributed by atoms with van der Waals surface area (Å²) in [5.41, 5.74) is 2.50. The largest absolute Gasteiger partial charge is 0.528 e. The number of fused-ring (bicyclic) bond motifs is 1. The van der Waals surface area contributed by atoms with Crippen molar-refractivity contribution in [3.63, 3.8) is 0 Å². The maximum Gasteiger partial charge on any atom is 0.528 e. The smallest absolute Gasteiger partial charge is 0.456 e. The highest BCUT2D eigenvalue weighted by atomic mass is 16.4. The molecule has 2 aromatic heterocycles. The van der Waals surface area contributed by atoms with E-state index in [9.17, 15) is 10.0 Å². The fourth-order valence-electron chi connectivity index (χ4n) is 2.97. The average molecular weight is 385 g/mol. The topological polar surface area (TPSA) is 92.3 Å². The molecule has 0 atom stereocenters. The zero-order valence-electron chi connectivity index (χ0n) is 16.0. The minimum absolute atomic E-state index is 0.170. The van der Waals surface area contributed by atoms with Gasteiger partial charge in [-0.15, -0.1) is 0 Å². The molecule has 0 fully saturated rings. The van der Waals surface area contributed by atoms with E-state index in [1.54, 1.807) is 24.3 Å². The summed E-state index contributed by atoms with van der Waals surface area (Å²) in [6.07, 6.45) is 10.3. The molecule has 0 unspecified atom stereocenters. The lowest BCUT2D eigenvalue weighted by atomic mass is 9.90. The lowest BCUT2D eigenvalue weighted by Gasteiger charge is -2.09. The summed E-state index contributed by atoms with van der Waals surface area (Å²) in [5, 5.41) is 20.1. The van der Waals surface area contributed by atoms with Crippen LogP contribution in [0.2, 0.25) is 0 Å². The number of allylic oxidation sites excluding steroid dienone is 5. The molecule has 2 N–H and O–H groups in total. The van der Waals surface area contributed by atoms with Gasteiger partial charge in [0, 0.05) is 22.1 Å². The molecule has 1 aromatic carbocycles. The molecule has 0 saturated heterocycles. The molecule has 29 heavy (non-hydrogen) atoms. The quantitative estimate of drug-likeness (QED) is 0.479. The van der Waals surface area contributed by atoms with Crippen molar-refractivity contribution >= 4 is 41.5 Å². The summed E-state index contributed by atoms with van der Waals surface area (Å²) in [5.74, 6) is 1.19. The maximum atomic E-state index is 9.69. The van der Waals surface area contributed by atoms with E-state index in [2.05, 4.69) is 34.7 Å². The van der Waals surface area contributed by atoms with Crippen LogP contribution in [0.5, 0.6) is 0 Å². The summed E-state index contributed by atoms with van der Waals surface area (Å²) in [6, 6.07) is 5.50. The lowest BCUT2D eigenvalue weighted by molar-refractivity contribution is 0.422. The van der Waals surface area contributed by atoms with Crippen LogP contribution in [-0.4, -0.2) is 32.1 Å². The summed E-state index contributed by atoms with van der Waals surface area (Å²) < 4.78 is 5.94. The first kappa shape index (κ1) is 20.2. The Kier molecular flexibility index (Phi) is 6.02. The molecule has 0 aliphatic carbocycles. The van der Waals surface area contributed by atoms with Crippen LogP contribution in [0, 0.1) is 0 Å². The van der Waals surface area contributed by atoms with Crippen molar-refractivity contribution in [2.75, 3.05) is 0 Å². The van der Waals surface area contributed by atoms with E-state index < -0.39 is 7.12 Å². The number of benzene rings is 1. The van der Waals surface area contributed by atoms with E-state index in [0.29, 0.717) is 22.5 Å². The van der Waals surface area contributed by atoms with Crippen molar-refractivity contribution in [1.82, 2.24) is 15.0 Å². The number of furan rings is 1. The van der Waals surface area contributed by atoms with Crippen molar-refractivity contribution in [3.8, 4) is 11.4 Å². The van der Waals surface area contributed by atoms with Gasteiger partial charge in [-0.1, -0.05) is 62.2 Å². The van der Waals surface area contributed by atoms with Crippen molar-refractivity contribution in [1.29, 1.82) is 0 Å². The monoisotopic (exact) mass is 385 g/mol. The maximum absolute atomic E-state index is 9.69. The number of aromatic nitrogens is 3. The van der Waals surface area contributed by atoms with Crippen LogP contribution in [0.1, 0.15) is 24.1 Å². The predicted octanol–water partition coefficient (Wildman–Crippen LogP) is 3.40. The zero-order chi connectivity index (χ0) is 21.0. The van der Waals surface area contributed by atoms with E-state index in [4.69, 9.17) is 4.42 Å². The van der Waals surface area contributed by atoms with Gasteiger partial charge in [0.15, 0.2) is 17.4 Å². The van der Waals surface area contributed by atoms with Gasteiger partial charge >= 0.3 is 7.12 Å². The van der Waals surface area contributed by atoms with Gasteiger partial charge in [-0.3, -0.25) is 0 Å². The van der Waals surface area contributed by atoms with Crippen LogP contribution in [0.25, 0.3) is 40.1 Å². The molecular weight excluding hydrogens is 365 g/mol. The Morgan fingerprint density at radius 1 is 1.14 bits per heavy atom. The predicted molar refractivity (Wildman–Crippen MR) is 118 cm³/mol. The second-order valence-corrected chi connectivity index (χ2v) is 6.04. The van der Waals surface area contributed by atoms with Crippen LogP contribution in [0.3, 0.4) is 0 Å². The summed E-state index contributed by atoms with van der Waals surface area (Å²) in [4.78, 5) is 12.9. The molecule has 2 heterocycles. The highest BCUT2D eigenvalue weighted by molar-refractivity contribution is 6.56. The average Bonchev–Trinajstić information content (AvgIpc) is 3.09. The number of nitrogens with zero attached hydrogens (tertiary/aromatic N) is 3. The SMILES string of the molecule is C=C/C=C(\C=C)c1nc(B(O)O)nc(-c2cccc3oc(/C=C\C)c(C=C)c23)n1. The van der Waals surface area contributed by atoms with Gasteiger partial charge in [0.1, 0.15) is 11.3 Å². The van der Waals surface area contributed by atoms with Gasteiger partial charge < -0.3 is 14.5 Å². The second-order valence-electron chi connectivity index (χ2n) is 6.04. The molecular formula is C22H20BN3O3. The van der Waals surface area contributed by atoms with Crippen molar-refractivity contribution < 1.29 is 14.5 Å². The third-order valence-electron chi connectivity index (χ3n) is 4.20. The molecule has 0 spiro atoms. The van der Waals surface area contributed by atoms with Gasteiger partial charge in [-0.2, -0.15) is 0 Å². The van der Waals surface area contributed by atoms with Gasteiger partial charge in [-0.25, -0.2) is 15.0 Å². The Morgan fingerprint density at radius 2 is 1.93 bits per heavy atom.